The molecule has 0 amide bonds. The summed E-state index contributed by atoms with van der Waals surface area (Å²) in [7, 11) is 0. The predicted octanol–water partition coefficient (Wildman–Crippen LogP) is 7.49. The third kappa shape index (κ3) is 11.1. The summed E-state index contributed by atoms with van der Waals surface area (Å²) >= 11 is 0. The zero-order valence-corrected chi connectivity index (χ0v) is 17.0. The Morgan fingerprint density at radius 3 is 2.19 bits per heavy atom. The van der Waals surface area contributed by atoms with Gasteiger partial charge in [-0.05, 0) is 37.8 Å². The second-order valence-electron chi connectivity index (χ2n) is 7.13. The molecule has 146 valence electrons. The molecule has 0 spiro atoms. The van der Waals surface area contributed by atoms with E-state index in [9.17, 15) is 4.79 Å². The molecule has 1 aromatic rings. The molecule has 0 fully saturated rings. The maximum atomic E-state index is 12.0. The number of carbonyl (C=O) groups is 1. The molecule has 0 aromatic heterocycles. The van der Waals surface area contributed by atoms with Gasteiger partial charge in [-0.1, -0.05) is 88.6 Å². The van der Waals surface area contributed by atoms with Gasteiger partial charge in [0.25, 0.3) is 0 Å². The van der Waals surface area contributed by atoms with Gasteiger partial charge in [-0.25, -0.2) is 4.79 Å². The fourth-order valence-electron chi connectivity index (χ4n) is 3.09. The summed E-state index contributed by atoms with van der Waals surface area (Å²) in [6, 6.07) is 9.26. The van der Waals surface area contributed by atoms with Crippen LogP contribution >= 0.6 is 0 Å². The lowest BCUT2D eigenvalue weighted by Crippen LogP contribution is -2.07. The van der Waals surface area contributed by atoms with E-state index in [1.165, 1.54) is 69.8 Å². The molecule has 1 rings (SSSR count). The second-order valence-corrected chi connectivity index (χ2v) is 7.13. The Morgan fingerprint density at radius 2 is 1.50 bits per heavy atom. The Bertz CT molecular complexity index is 490. The van der Waals surface area contributed by atoms with Crippen LogP contribution in [0.2, 0.25) is 0 Å². The van der Waals surface area contributed by atoms with Gasteiger partial charge in [0.1, 0.15) is 0 Å². The molecular weight excluding hydrogens is 320 g/mol. The number of esters is 1. The highest BCUT2D eigenvalue weighted by Crippen LogP contribution is 2.17. The number of hydrogen-bond donors (Lipinski definition) is 0. The maximum absolute atomic E-state index is 12.0. The molecule has 0 saturated heterocycles. The van der Waals surface area contributed by atoms with Crippen LogP contribution < -0.4 is 0 Å². The average molecular weight is 359 g/mol. The minimum Gasteiger partial charge on any atom is -0.462 e. The topological polar surface area (TPSA) is 26.3 Å². The van der Waals surface area contributed by atoms with Crippen LogP contribution in [0.3, 0.4) is 0 Å². The number of rotatable bonds is 15. The third-order valence-corrected chi connectivity index (χ3v) is 4.76. The van der Waals surface area contributed by atoms with Crippen LogP contribution in [0.15, 0.2) is 42.0 Å². The van der Waals surface area contributed by atoms with Crippen molar-refractivity contribution in [1.29, 1.82) is 0 Å². The highest BCUT2D eigenvalue weighted by atomic mass is 16.5. The minimum atomic E-state index is -0.213. The average Bonchev–Trinajstić information content (AvgIpc) is 2.68. The van der Waals surface area contributed by atoms with Gasteiger partial charge in [0.2, 0.25) is 0 Å². The highest BCUT2D eigenvalue weighted by Gasteiger charge is 2.06. The van der Waals surface area contributed by atoms with Crippen molar-refractivity contribution in [3.05, 3.63) is 47.5 Å². The number of unbranched alkanes of at least 4 members (excludes halogenated alkanes) is 8. The lowest BCUT2D eigenvalue weighted by atomic mass is 10.0. The van der Waals surface area contributed by atoms with E-state index in [2.05, 4.69) is 19.9 Å². The van der Waals surface area contributed by atoms with Gasteiger partial charge < -0.3 is 4.74 Å². The minimum absolute atomic E-state index is 0.213. The van der Waals surface area contributed by atoms with Crippen molar-refractivity contribution >= 4 is 5.97 Å². The normalized spacial score (nSPS) is 11.5. The van der Waals surface area contributed by atoms with Crippen LogP contribution in [0.25, 0.3) is 0 Å². The van der Waals surface area contributed by atoms with Gasteiger partial charge in [-0.15, -0.1) is 0 Å². The van der Waals surface area contributed by atoms with Crippen LogP contribution in [-0.2, 0) is 4.74 Å². The zero-order valence-electron chi connectivity index (χ0n) is 17.0. The zero-order chi connectivity index (χ0) is 18.9. The van der Waals surface area contributed by atoms with Gasteiger partial charge in [-0.3, -0.25) is 0 Å². The van der Waals surface area contributed by atoms with Crippen LogP contribution in [-0.4, -0.2) is 12.6 Å². The smallest absolute Gasteiger partial charge is 0.338 e. The third-order valence-electron chi connectivity index (χ3n) is 4.76. The molecule has 0 aliphatic heterocycles. The van der Waals surface area contributed by atoms with Crippen molar-refractivity contribution in [1.82, 2.24) is 0 Å². The molecular formula is C24H38O2. The van der Waals surface area contributed by atoms with E-state index in [1.54, 1.807) is 12.1 Å². The summed E-state index contributed by atoms with van der Waals surface area (Å²) in [6.45, 7) is 4.99. The SMILES string of the molecule is CCCCCCC/C=C(\CCCCCC)CCOC(=O)c1ccccc1. The van der Waals surface area contributed by atoms with E-state index in [-0.39, 0.29) is 5.97 Å². The molecule has 0 atom stereocenters. The predicted molar refractivity (Wildman–Crippen MR) is 112 cm³/mol. The Morgan fingerprint density at radius 1 is 0.846 bits per heavy atom. The standard InChI is InChI=1S/C24H38O2/c1-3-5-7-9-10-13-17-22(16-12-8-6-4-2)20-21-26-24(25)23-18-14-11-15-19-23/h11,14-15,17-19H,3-10,12-13,16,20-21H2,1-2H3/b22-17+. The van der Waals surface area contributed by atoms with Gasteiger partial charge in [0, 0.05) is 6.42 Å². The summed E-state index contributed by atoms with van der Waals surface area (Å²) in [5, 5.41) is 0. The number of benzene rings is 1. The molecule has 0 aliphatic carbocycles. The molecule has 0 bridgehead atoms. The molecule has 0 aliphatic rings. The largest absolute Gasteiger partial charge is 0.462 e. The number of ether oxygens (including phenoxy) is 1. The van der Waals surface area contributed by atoms with E-state index >= 15 is 0 Å². The molecule has 0 N–H and O–H groups in total. The van der Waals surface area contributed by atoms with Crippen molar-refractivity contribution in [2.24, 2.45) is 0 Å². The lowest BCUT2D eigenvalue weighted by Gasteiger charge is -2.09. The number of carbonyl (C=O) groups excluding carboxylic acids is 1. The molecule has 1 aromatic carbocycles. The molecule has 0 unspecified atom stereocenters. The lowest BCUT2D eigenvalue weighted by molar-refractivity contribution is 0.0508. The van der Waals surface area contributed by atoms with Crippen LogP contribution in [0.1, 0.15) is 101 Å². The van der Waals surface area contributed by atoms with Crippen molar-refractivity contribution in [3.63, 3.8) is 0 Å². The number of hydrogen-bond acceptors (Lipinski definition) is 2. The van der Waals surface area contributed by atoms with E-state index < -0.39 is 0 Å². The molecule has 26 heavy (non-hydrogen) atoms. The Balaban J connectivity index is 2.35. The second kappa shape index (κ2) is 15.7. The first-order valence-corrected chi connectivity index (χ1v) is 10.7. The summed E-state index contributed by atoms with van der Waals surface area (Å²) in [5.41, 5.74) is 2.11. The highest BCUT2D eigenvalue weighted by molar-refractivity contribution is 5.89. The van der Waals surface area contributed by atoms with Gasteiger partial charge in [0.15, 0.2) is 0 Å². The van der Waals surface area contributed by atoms with Gasteiger partial charge in [0.05, 0.1) is 12.2 Å². The summed E-state index contributed by atoms with van der Waals surface area (Å²) in [6.07, 6.45) is 17.3. The van der Waals surface area contributed by atoms with E-state index in [1.807, 2.05) is 18.2 Å². The maximum Gasteiger partial charge on any atom is 0.338 e. The first-order valence-electron chi connectivity index (χ1n) is 10.7. The van der Waals surface area contributed by atoms with E-state index in [0.717, 1.165) is 12.8 Å². The quantitative estimate of drug-likeness (QED) is 0.184. The summed E-state index contributed by atoms with van der Waals surface area (Å²) in [4.78, 5) is 12.0. The first kappa shape index (κ1) is 22.5. The number of allylic oxidation sites excluding steroid dienone is 1. The van der Waals surface area contributed by atoms with E-state index in [0.29, 0.717) is 12.2 Å². The van der Waals surface area contributed by atoms with E-state index in [4.69, 9.17) is 4.74 Å². The van der Waals surface area contributed by atoms with Crippen molar-refractivity contribution in [2.75, 3.05) is 6.61 Å². The van der Waals surface area contributed by atoms with Gasteiger partial charge >= 0.3 is 5.97 Å². The summed E-state index contributed by atoms with van der Waals surface area (Å²) in [5.74, 6) is -0.213. The Hall–Kier alpha value is -1.57. The summed E-state index contributed by atoms with van der Waals surface area (Å²) < 4.78 is 5.47. The van der Waals surface area contributed by atoms with Crippen molar-refractivity contribution in [3.8, 4) is 0 Å². The Kier molecular flexibility index (Phi) is 13.5. The van der Waals surface area contributed by atoms with Crippen LogP contribution in [0.5, 0.6) is 0 Å². The first-order chi connectivity index (χ1) is 12.8. The molecule has 0 heterocycles. The van der Waals surface area contributed by atoms with Gasteiger partial charge in [-0.2, -0.15) is 0 Å². The Labute approximate surface area is 161 Å². The van der Waals surface area contributed by atoms with Crippen LogP contribution in [0, 0.1) is 0 Å². The fraction of sp³-hybridized carbons (Fsp3) is 0.625. The van der Waals surface area contributed by atoms with Crippen molar-refractivity contribution in [2.45, 2.75) is 90.9 Å². The molecule has 2 heteroatoms. The monoisotopic (exact) mass is 358 g/mol. The van der Waals surface area contributed by atoms with Crippen molar-refractivity contribution < 1.29 is 9.53 Å². The fourth-order valence-corrected chi connectivity index (χ4v) is 3.09. The van der Waals surface area contributed by atoms with Crippen LogP contribution in [0.4, 0.5) is 0 Å². The molecule has 2 nitrogen and oxygen atoms in total. The molecule has 0 radical (unpaired) electrons. The molecule has 0 saturated carbocycles.